The van der Waals surface area contributed by atoms with Crippen molar-refractivity contribution in [1.82, 2.24) is 10.2 Å². The summed E-state index contributed by atoms with van der Waals surface area (Å²) in [4.78, 5) is 16.6. The highest BCUT2D eigenvalue weighted by Crippen LogP contribution is 2.24. The molecule has 27 heavy (non-hydrogen) atoms. The summed E-state index contributed by atoms with van der Waals surface area (Å²) in [7, 11) is 0. The molecule has 2 heterocycles. The molecule has 4 aromatic rings. The molecule has 2 aromatic heterocycles. The number of amides is 1. The lowest BCUT2D eigenvalue weighted by Crippen LogP contribution is -2.11. The van der Waals surface area contributed by atoms with E-state index in [9.17, 15) is 4.79 Å². The molecular formula is C20H14N4O2S. The Bertz CT molecular complexity index is 1060. The molecule has 0 saturated heterocycles. The molecule has 7 heteroatoms. The summed E-state index contributed by atoms with van der Waals surface area (Å²) in [5.74, 6) is 0.376. The van der Waals surface area contributed by atoms with Crippen molar-refractivity contribution in [3.8, 4) is 11.1 Å². The molecule has 1 amide bonds. The molecule has 0 fully saturated rings. The number of benzene rings is 2. The standard InChI is InChI=1S/C20H14N4O2S/c25-18(16-10-8-15(9-11-16)14-5-2-1-3-6-14)22-20-24-23-19(27-20)21-13-17-7-4-12-26-17/h1-13H,(H,22,24,25)/b21-13+. The van der Waals surface area contributed by atoms with Gasteiger partial charge in [-0.3, -0.25) is 10.1 Å². The van der Waals surface area contributed by atoms with Crippen LogP contribution in [0.1, 0.15) is 16.1 Å². The Balaban J connectivity index is 1.42. The van der Waals surface area contributed by atoms with Crippen LogP contribution < -0.4 is 5.32 Å². The molecule has 0 atom stereocenters. The zero-order chi connectivity index (χ0) is 18.5. The number of rotatable bonds is 5. The zero-order valence-corrected chi connectivity index (χ0v) is 14.9. The topological polar surface area (TPSA) is 80.4 Å². The predicted octanol–water partition coefficient (Wildman–Crippen LogP) is 4.80. The fourth-order valence-corrected chi connectivity index (χ4v) is 3.00. The van der Waals surface area contributed by atoms with Gasteiger partial charge in [0, 0.05) is 5.56 Å². The highest BCUT2D eigenvalue weighted by Gasteiger charge is 2.10. The number of nitrogens with one attached hydrogen (secondary N) is 1. The van der Waals surface area contributed by atoms with Gasteiger partial charge < -0.3 is 4.42 Å². The lowest BCUT2D eigenvalue weighted by Gasteiger charge is -2.04. The van der Waals surface area contributed by atoms with Gasteiger partial charge >= 0.3 is 0 Å². The first kappa shape index (κ1) is 16.9. The van der Waals surface area contributed by atoms with E-state index in [-0.39, 0.29) is 5.91 Å². The number of nitrogens with zero attached hydrogens (tertiary/aromatic N) is 3. The van der Waals surface area contributed by atoms with Crippen LogP contribution in [0.5, 0.6) is 0 Å². The summed E-state index contributed by atoms with van der Waals surface area (Å²) in [6, 6.07) is 21.0. The molecule has 6 nitrogen and oxygen atoms in total. The van der Waals surface area contributed by atoms with Gasteiger partial charge in [0.05, 0.1) is 12.5 Å². The molecule has 0 bridgehead atoms. The molecule has 1 N–H and O–H groups in total. The third kappa shape index (κ3) is 4.16. The molecule has 0 aliphatic rings. The number of carbonyl (C=O) groups excluding carboxylic acids is 1. The lowest BCUT2D eigenvalue weighted by molar-refractivity contribution is 0.102. The quantitative estimate of drug-likeness (QED) is 0.509. The summed E-state index contributed by atoms with van der Waals surface area (Å²) >= 11 is 1.18. The monoisotopic (exact) mass is 374 g/mol. The molecule has 4 rings (SSSR count). The first-order chi connectivity index (χ1) is 13.3. The van der Waals surface area contributed by atoms with E-state index in [0.29, 0.717) is 21.6 Å². The molecule has 2 aromatic carbocycles. The van der Waals surface area contributed by atoms with Gasteiger partial charge in [0.2, 0.25) is 10.3 Å². The molecule has 0 radical (unpaired) electrons. The van der Waals surface area contributed by atoms with Crippen LogP contribution in [0.3, 0.4) is 0 Å². The highest BCUT2D eigenvalue weighted by molar-refractivity contribution is 7.18. The van der Waals surface area contributed by atoms with Gasteiger partial charge in [-0.05, 0) is 35.4 Å². The van der Waals surface area contributed by atoms with E-state index in [1.165, 1.54) is 11.3 Å². The molecular weight excluding hydrogens is 360 g/mol. The second-order valence-electron chi connectivity index (χ2n) is 5.56. The van der Waals surface area contributed by atoms with Crippen LogP contribution >= 0.6 is 11.3 Å². The third-order valence-corrected chi connectivity index (χ3v) is 4.48. The smallest absolute Gasteiger partial charge is 0.257 e. The van der Waals surface area contributed by atoms with E-state index in [4.69, 9.17) is 4.42 Å². The van der Waals surface area contributed by atoms with Gasteiger partial charge in [0.15, 0.2) is 0 Å². The first-order valence-electron chi connectivity index (χ1n) is 8.16. The summed E-state index contributed by atoms with van der Waals surface area (Å²) in [6.07, 6.45) is 3.12. The molecule has 132 valence electrons. The van der Waals surface area contributed by atoms with Crippen molar-refractivity contribution in [3.05, 3.63) is 84.3 Å². The number of furan rings is 1. The van der Waals surface area contributed by atoms with Crippen LogP contribution in [0, 0.1) is 0 Å². The van der Waals surface area contributed by atoms with Crippen molar-refractivity contribution < 1.29 is 9.21 Å². The normalized spacial score (nSPS) is 11.0. The van der Waals surface area contributed by atoms with Crippen LogP contribution in [0.25, 0.3) is 11.1 Å². The summed E-state index contributed by atoms with van der Waals surface area (Å²) in [5.41, 5.74) is 2.70. The maximum Gasteiger partial charge on any atom is 0.257 e. The SMILES string of the molecule is O=C(Nc1nnc(/N=C/c2ccco2)s1)c1ccc(-c2ccccc2)cc1. The van der Waals surface area contributed by atoms with Crippen molar-refractivity contribution in [2.75, 3.05) is 5.32 Å². The Hall–Kier alpha value is -3.58. The van der Waals surface area contributed by atoms with Gasteiger partial charge in [-0.15, -0.1) is 10.2 Å². The van der Waals surface area contributed by atoms with E-state index >= 15 is 0 Å². The maximum absolute atomic E-state index is 12.4. The van der Waals surface area contributed by atoms with Gasteiger partial charge in [0.1, 0.15) is 5.76 Å². The molecule has 0 unspecified atom stereocenters. The average molecular weight is 374 g/mol. The van der Waals surface area contributed by atoms with Gasteiger partial charge in [-0.2, -0.15) is 0 Å². The fourth-order valence-electron chi connectivity index (χ4n) is 2.42. The number of aliphatic imine (C=N–C) groups is 1. The minimum Gasteiger partial charge on any atom is -0.463 e. The molecule has 0 saturated carbocycles. The van der Waals surface area contributed by atoms with Crippen LogP contribution in [-0.2, 0) is 0 Å². The molecule has 0 aliphatic carbocycles. The third-order valence-electron chi connectivity index (χ3n) is 3.73. The van der Waals surface area contributed by atoms with Crippen molar-refractivity contribution in [2.45, 2.75) is 0 Å². The van der Waals surface area contributed by atoms with Crippen molar-refractivity contribution in [3.63, 3.8) is 0 Å². The van der Waals surface area contributed by atoms with Crippen LogP contribution in [-0.4, -0.2) is 22.3 Å². The average Bonchev–Trinajstić information content (AvgIpc) is 3.39. The van der Waals surface area contributed by atoms with E-state index < -0.39 is 0 Å². The Morgan fingerprint density at radius 2 is 1.74 bits per heavy atom. The number of hydrogen-bond donors (Lipinski definition) is 1. The van der Waals surface area contributed by atoms with Crippen molar-refractivity contribution in [1.29, 1.82) is 0 Å². The van der Waals surface area contributed by atoms with E-state index in [0.717, 1.165) is 11.1 Å². The van der Waals surface area contributed by atoms with Crippen LogP contribution in [0.2, 0.25) is 0 Å². The number of carbonyl (C=O) groups is 1. The molecule has 0 aliphatic heterocycles. The zero-order valence-electron chi connectivity index (χ0n) is 14.1. The second kappa shape index (κ2) is 7.76. The summed E-state index contributed by atoms with van der Waals surface area (Å²) in [6.45, 7) is 0. The maximum atomic E-state index is 12.4. The van der Waals surface area contributed by atoms with Gasteiger partial charge in [-0.25, -0.2) is 4.99 Å². The van der Waals surface area contributed by atoms with E-state index in [1.54, 1.807) is 36.7 Å². The second-order valence-corrected chi connectivity index (χ2v) is 6.52. The number of aromatic nitrogens is 2. The minimum absolute atomic E-state index is 0.243. The van der Waals surface area contributed by atoms with Crippen LogP contribution in [0.4, 0.5) is 10.3 Å². The van der Waals surface area contributed by atoms with E-state index in [2.05, 4.69) is 20.5 Å². The fraction of sp³-hybridized carbons (Fsp3) is 0. The Labute approximate surface area is 159 Å². The lowest BCUT2D eigenvalue weighted by atomic mass is 10.0. The highest BCUT2D eigenvalue weighted by atomic mass is 32.1. The summed E-state index contributed by atoms with van der Waals surface area (Å²) in [5, 5.41) is 11.4. The van der Waals surface area contributed by atoms with Gasteiger partial charge in [0.25, 0.3) is 5.91 Å². The predicted molar refractivity (Wildman–Crippen MR) is 106 cm³/mol. The summed E-state index contributed by atoms with van der Waals surface area (Å²) < 4.78 is 5.16. The molecule has 0 spiro atoms. The Kier molecular flexibility index (Phi) is 4.84. The largest absolute Gasteiger partial charge is 0.463 e. The van der Waals surface area contributed by atoms with E-state index in [1.807, 2.05) is 42.5 Å². The Morgan fingerprint density at radius 1 is 0.963 bits per heavy atom. The minimum atomic E-state index is -0.243. The Morgan fingerprint density at radius 3 is 2.48 bits per heavy atom. The number of anilines is 1. The first-order valence-corrected chi connectivity index (χ1v) is 8.97. The van der Waals surface area contributed by atoms with Crippen molar-refractivity contribution >= 4 is 33.7 Å². The van der Waals surface area contributed by atoms with Gasteiger partial charge in [-0.1, -0.05) is 53.8 Å². The van der Waals surface area contributed by atoms with Crippen molar-refractivity contribution in [2.24, 2.45) is 4.99 Å². The number of hydrogen-bond acceptors (Lipinski definition) is 6. The van der Waals surface area contributed by atoms with Crippen LogP contribution in [0.15, 0.2) is 82.4 Å².